The van der Waals surface area contributed by atoms with Gasteiger partial charge in [0.05, 0.1) is 12.7 Å². The number of halogens is 1. The Kier molecular flexibility index (Phi) is 4.18. The predicted octanol–water partition coefficient (Wildman–Crippen LogP) is 2.29. The van der Waals surface area contributed by atoms with Crippen LogP contribution in [-0.4, -0.2) is 35.2 Å². The van der Waals surface area contributed by atoms with E-state index in [1.54, 1.807) is 6.08 Å². The molecule has 3 unspecified atom stereocenters. The minimum absolute atomic E-state index is 0.00817. The smallest absolute Gasteiger partial charge is 0.107 e. The Bertz CT molecular complexity index is 466. The van der Waals surface area contributed by atoms with E-state index in [1.807, 2.05) is 29.2 Å². The number of aliphatic hydroxyl groups is 1. The van der Waals surface area contributed by atoms with Gasteiger partial charge in [0.15, 0.2) is 0 Å². The van der Waals surface area contributed by atoms with Crippen LogP contribution in [-0.2, 0) is 0 Å². The van der Waals surface area contributed by atoms with Gasteiger partial charge < -0.3 is 5.11 Å². The molecule has 0 spiro atoms. The van der Waals surface area contributed by atoms with Gasteiger partial charge >= 0.3 is 0 Å². The normalized spacial score (nSPS) is 27.3. The Labute approximate surface area is 115 Å². The van der Waals surface area contributed by atoms with Crippen LogP contribution in [0.15, 0.2) is 41.4 Å². The van der Waals surface area contributed by atoms with Crippen molar-refractivity contribution < 1.29 is 5.11 Å². The quantitative estimate of drug-likeness (QED) is 0.868. The lowest BCUT2D eigenvalue weighted by Gasteiger charge is -2.51. The van der Waals surface area contributed by atoms with Crippen molar-refractivity contribution in [3.05, 3.63) is 47.0 Å². The summed E-state index contributed by atoms with van der Waals surface area (Å²) in [6.45, 7) is 4.39. The fourth-order valence-corrected chi connectivity index (χ4v) is 2.85. The van der Waals surface area contributed by atoms with Crippen LogP contribution >= 0.6 is 15.9 Å². The second-order valence-electron chi connectivity index (χ2n) is 4.39. The Morgan fingerprint density at radius 1 is 1.44 bits per heavy atom. The van der Waals surface area contributed by atoms with Crippen LogP contribution in [0.5, 0.6) is 0 Å². The van der Waals surface area contributed by atoms with E-state index in [0.717, 1.165) is 10.0 Å². The molecule has 18 heavy (non-hydrogen) atoms. The molecule has 0 bridgehead atoms. The summed E-state index contributed by atoms with van der Waals surface area (Å²) in [6, 6.07) is 10.1. The molecule has 2 rings (SSSR count). The Morgan fingerprint density at radius 3 is 2.61 bits per heavy atom. The number of aliphatic hydroxyl groups excluding tert-OH is 1. The number of hydrogen-bond acceptors (Lipinski definition) is 3. The monoisotopic (exact) mass is 306 g/mol. The van der Waals surface area contributed by atoms with E-state index in [4.69, 9.17) is 0 Å². The summed E-state index contributed by atoms with van der Waals surface area (Å²) in [5.41, 5.74) is 1.10. The summed E-state index contributed by atoms with van der Waals surface area (Å²) in [4.78, 5) is 1.99. The Morgan fingerprint density at radius 2 is 2.11 bits per heavy atom. The van der Waals surface area contributed by atoms with Gasteiger partial charge in [-0.1, -0.05) is 34.1 Å². The highest BCUT2D eigenvalue weighted by molar-refractivity contribution is 9.10. The third-order valence-corrected chi connectivity index (χ3v) is 3.98. The number of rotatable bonds is 4. The lowest BCUT2D eigenvalue weighted by molar-refractivity contribution is -0.00730. The fourth-order valence-electron chi connectivity index (χ4n) is 2.59. The van der Waals surface area contributed by atoms with Crippen LogP contribution in [0.25, 0.3) is 0 Å². The SMILES string of the molecule is C=CCN1C(C#N)C(c2ccc(Br)cc2)C1CO. The maximum Gasteiger partial charge on any atom is 0.107 e. The molecule has 1 aromatic carbocycles. The predicted molar refractivity (Wildman–Crippen MR) is 74.1 cm³/mol. The van der Waals surface area contributed by atoms with Crippen molar-refractivity contribution >= 4 is 15.9 Å². The van der Waals surface area contributed by atoms with Gasteiger partial charge in [-0.15, -0.1) is 6.58 Å². The second-order valence-corrected chi connectivity index (χ2v) is 5.30. The molecular formula is C14H15BrN2O. The molecule has 1 heterocycles. The summed E-state index contributed by atoms with van der Waals surface area (Å²) < 4.78 is 1.02. The fraction of sp³-hybridized carbons (Fsp3) is 0.357. The van der Waals surface area contributed by atoms with Crippen LogP contribution in [0.2, 0.25) is 0 Å². The van der Waals surface area contributed by atoms with Crippen LogP contribution < -0.4 is 0 Å². The maximum atomic E-state index is 9.49. The molecule has 0 amide bonds. The molecule has 1 aliphatic rings. The van der Waals surface area contributed by atoms with Crippen molar-refractivity contribution in [3.8, 4) is 6.07 Å². The van der Waals surface area contributed by atoms with Gasteiger partial charge in [-0.25, -0.2) is 0 Å². The lowest BCUT2D eigenvalue weighted by atomic mass is 9.76. The minimum Gasteiger partial charge on any atom is -0.395 e. The summed E-state index contributed by atoms with van der Waals surface area (Å²) in [5.74, 6) is 0.0769. The maximum absolute atomic E-state index is 9.49. The Balaban J connectivity index is 2.24. The van der Waals surface area contributed by atoms with Crippen molar-refractivity contribution in [3.63, 3.8) is 0 Å². The molecule has 1 fully saturated rings. The molecule has 1 saturated heterocycles. The van der Waals surface area contributed by atoms with Crippen molar-refractivity contribution in [2.24, 2.45) is 0 Å². The van der Waals surface area contributed by atoms with E-state index < -0.39 is 0 Å². The van der Waals surface area contributed by atoms with Gasteiger partial charge in [-0.2, -0.15) is 5.26 Å². The zero-order chi connectivity index (χ0) is 13.1. The first-order valence-electron chi connectivity index (χ1n) is 5.85. The summed E-state index contributed by atoms with van der Waals surface area (Å²) in [6.07, 6.45) is 1.77. The highest BCUT2D eigenvalue weighted by atomic mass is 79.9. The minimum atomic E-state index is -0.179. The highest BCUT2D eigenvalue weighted by Crippen LogP contribution is 2.40. The number of hydrogen-bond donors (Lipinski definition) is 1. The van der Waals surface area contributed by atoms with Crippen molar-refractivity contribution in [1.29, 1.82) is 5.26 Å². The van der Waals surface area contributed by atoms with Crippen molar-refractivity contribution in [1.82, 2.24) is 4.90 Å². The molecule has 1 N–H and O–H groups in total. The van der Waals surface area contributed by atoms with Crippen LogP contribution in [0.1, 0.15) is 11.5 Å². The number of nitrogens with zero attached hydrogens (tertiary/aromatic N) is 2. The van der Waals surface area contributed by atoms with Crippen molar-refractivity contribution in [2.45, 2.75) is 18.0 Å². The average molecular weight is 307 g/mol. The topological polar surface area (TPSA) is 47.3 Å². The molecule has 94 valence electrons. The first-order chi connectivity index (χ1) is 8.72. The first kappa shape index (κ1) is 13.3. The van der Waals surface area contributed by atoms with E-state index in [0.29, 0.717) is 6.54 Å². The third-order valence-electron chi connectivity index (χ3n) is 3.45. The molecule has 0 aromatic heterocycles. The van der Waals surface area contributed by atoms with Gasteiger partial charge in [-0.3, -0.25) is 4.90 Å². The lowest BCUT2D eigenvalue weighted by Crippen LogP contribution is -2.63. The standard InChI is InChI=1S/C14H15BrN2O/c1-2-7-17-12(8-16)14(13(17)9-18)10-3-5-11(15)6-4-10/h2-6,12-14,18H,1,7,9H2. The Hall–Kier alpha value is -1.15. The van der Waals surface area contributed by atoms with E-state index in [9.17, 15) is 10.4 Å². The van der Waals surface area contributed by atoms with E-state index in [-0.39, 0.29) is 24.6 Å². The zero-order valence-electron chi connectivity index (χ0n) is 9.96. The van der Waals surface area contributed by atoms with Gasteiger partial charge in [0.2, 0.25) is 0 Å². The molecule has 3 atom stereocenters. The van der Waals surface area contributed by atoms with E-state index in [1.165, 1.54) is 0 Å². The number of nitriles is 1. The van der Waals surface area contributed by atoms with Crippen LogP contribution in [0, 0.1) is 11.3 Å². The molecular weight excluding hydrogens is 292 g/mol. The molecule has 4 heteroatoms. The summed E-state index contributed by atoms with van der Waals surface area (Å²) >= 11 is 3.40. The van der Waals surface area contributed by atoms with Crippen LogP contribution in [0.3, 0.4) is 0 Å². The summed E-state index contributed by atoms with van der Waals surface area (Å²) in [7, 11) is 0. The largest absolute Gasteiger partial charge is 0.395 e. The number of benzene rings is 1. The highest BCUT2D eigenvalue weighted by Gasteiger charge is 2.48. The van der Waals surface area contributed by atoms with Gasteiger partial charge in [-0.05, 0) is 17.7 Å². The average Bonchev–Trinajstić information content (AvgIpc) is 2.37. The summed E-state index contributed by atoms with van der Waals surface area (Å²) in [5, 5.41) is 18.8. The molecule has 0 aliphatic carbocycles. The van der Waals surface area contributed by atoms with Crippen molar-refractivity contribution in [2.75, 3.05) is 13.2 Å². The van der Waals surface area contributed by atoms with Gasteiger partial charge in [0, 0.05) is 23.0 Å². The zero-order valence-corrected chi connectivity index (χ0v) is 11.5. The van der Waals surface area contributed by atoms with Crippen LogP contribution in [0.4, 0.5) is 0 Å². The van der Waals surface area contributed by atoms with Gasteiger partial charge in [0.1, 0.15) is 6.04 Å². The van der Waals surface area contributed by atoms with Gasteiger partial charge in [0.25, 0.3) is 0 Å². The second kappa shape index (κ2) is 5.66. The molecule has 0 saturated carbocycles. The molecule has 1 aliphatic heterocycles. The first-order valence-corrected chi connectivity index (χ1v) is 6.64. The molecule has 0 radical (unpaired) electrons. The third kappa shape index (κ3) is 2.22. The van der Waals surface area contributed by atoms with E-state index >= 15 is 0 Å². The number of likely N-dealkylation sites (tertiary alicyclic amines) is 1. The van der Waals surface area contributed by atoms with E-state index in [2.05, 4.69) is 28.6 Å². The molecule has 3 nitrogen and oxygen atoms in total. The molecule has 1 aromatic rings.